The van der Waals surface area contributed by atoms with E-state index in [2.05, 4.69) is 9.89 Å². The SMILES string of the molecule is COC(=O)c1cc(CC(N)C(=O)O)on1. The Morgan fingerprint density at radius 3 is 2.93 bits per heavy atom. The van der Waals surface area contributed by atoms with E-state index in [9.17, 15) is 9.59 Å². The molecule has 1 aromatic heterocycles. The van der Waals surface area contributed by atoms with Crippen molar-refractivity contribution in [3.63, 3.8) is 0 Å². The average Bonchev–Trinajstić information content (AvgIpc) is 2.65. The molecule has 1 aromatic rings. The third kappa shape index (κ3) is 2.78. The molecule has 0 radical (unpaired) electrons. The van der Waals surface area contributed by atoms with Gasteiger partial charge in [-0.1, -0.05) is 5.16 Å². The number of carboxylic acids is 1. The molecule has 0 spiro atoms. The summed E-state index contributed by atoms with van der Waals surface area (Å²) < 4.78 is 9.11. The number of methoxy groups -OCH3 is 1. The number of ether oxygens (including phenoxy) is 1. The molecule has 0 amide bonds. The monoisotopic (exact) mass is 214 g/mol. The van der Waals surface area contributed by atoms with Gasteiger partial charge in [-0.2, -0.15) is 0 Å². The van der Waals surface area contributed by atoms with E-state index in [-0.39, 0.29) is 17.9 Å². The lowest BCUT2D eigenvalue weighted by atomic mass is 10.2. The fourth-order valence-electron chi connectivity index (χ4n) is 0.914. The quantitative estimate of drug-likeness (QED) is 0.643. The number of nitrogens with two attached hydrogens (primary N) is 1. The maximum atomic E-state index is 11.0. The number of hydrogen-bond acceptors (Lipinski definition) is 6. The Morgan fingerprint density at radius 1 is 1.73 bits per heavy atom. The summed E-state index contributed by atoms with van der Waals surface area (Å²) in [6.07, 6.45) is -0.0284. The molecule has 1 rings (SSSR count). The standard InChI is InChI=1S/C8H10N2O5/c1-14-8(13)6-3-4(15-10-6)2-5(9)7(11)12/h3,5H,2,9H2,1H3,(H,11,12). The summed E-state index contributed by atoms with van der Waals surface area (Å²) in [4.78, 5) is 21.4. The predicted molar refractivity (Wildman–Crippen MR) is 47.2 cm³/mol. The van der Waals surface area contributed by atoms with Crippen molar-refractivity contribution in [1.29, 1.82) is 0 Å². The van der Waals surface area contributed by atoms with Gasteiger partial charge < -0.3 is 20.1 Å². The van der Waals surface area contributed by atoms with Crippen LogP contribution in [-0.2, 0) is 16.0 Å². The first kappa shape index (κ1) is 11.2. The van der Waals surface area contributed by atoms with Crippen LogP contribution in [0.25, 0.3) is 0 Å². The van der Waals surface area contributed by atoms with Gasteiger partial charge in [0, 0.05) is 12.5 Å². The highest BCUT2D eigenvalue weighted by Crippen LogP contribution is 2.07. The summed E-state index contributed by atoms with van der Waals surface area (Å²) in [5.41, 5.74) is 5.25. The van der Waals surface area contributed by atoms with Crippen molar-refractivity contribution in [2.75, 3.05) is 7.11 Å². The van der Waals surface area contributed by atoms with Gasteiger partial charge in [-0.15, -0.1) is 0 Å². The van der Waals surface area contributed by atoms with Gasteiger partial charge >= 0.3 is 11.9 Å². The maximum absolute atomic E-state index is 11.0. The van der Waals surface area contributed by atoms with Crippen LogP contribution in [0.2, 0.25) is 0 Å². The molecular weight excluding hydrogens is 204 g/mol. The van der Waals surface area contributed by atoms with E-state index in [1.54, 1.807) is 0 Å². The zero-order valence-electron chi connectivity index (χ0n) is 7.97. The van der Waals surface area contributed by atoms with Gasteiger partial charge in [0.15, 0.2) is 5.69 Å². The second-order valence-electron chi connectivity index (χ2n) is 2.82. The lowest BCUT2D eigenvalue weighted by Gasteiger charge is -2.00. The Balaban J connectivity index is 2.68. The number of rotatable bonds is 4. The van der Waals surface area contributed by atoms with Crippen molar-refractivity contribution in [2.45, 2.75) is 12.5 Å². The first-order valence-electron chi connectivity index (χ1n) is 4.07. The third-order valence-electron chi connectivity index (χ3n) is 1.69. The van der Waals surface area contributed by atoms with Crippen molar-refractivity contribution in [3.8, 4) is 0 Å². The zero-order chi connectivity index (χ0) is 11.4. The first-order chi connectivity index (χ1) is 7.04. The lowest BCUT2D eigenvalue weighted by molar-refractivity contribution is -0.138. The number of hydrogen-bond donors (Lipinski definition) is 2. The molecule has 7 nitrogen and oxygen atoms in total. The van der Waals surface area contributed by atoms with Gasteiger partial charge in [0.2, 0.25) is 0 Å². The molecule has 15 heavy (non-hydrogen) atoms. The second kappa shape index (κ2) is 4.56. The largest absolute Gasteiger partial charge is 0.480 e. The van der Waals surface area contributed by atoms with Crippen LogP contribution < -0.4 is 5.73 Å². The van der Waals surface area contributed by atoms with Gasteiger partial charge in [0.1, 0.15) is 11.8 Å². The molecule has 0 aliphatic heterocycles. The van der Waals surface area contributed by atoms with Crippen molar-refractivity contribution in [1.82, 2.24) is 5.16 Å². The van der Waals surface area contributed by atoms with E-state index < -0.39 is 18.0 Å². The summed E-state index contributed by atoms with van der Waals surface area (Å²) in [6, 6.07) is 0.220. The van der Waals surface area contributed by atoms with E-state index in [0.29, 0.717) is 0 Å². The highest BCUT2D eigenvalue weighted by Gasteiger charge is 2.18. The van der Waals surface area contributed by atoms with Crippen LogP contribution in [0.5, 0.6) is 0 Å². The fraction of sp³-hybridized carbons (Fsp3) is 0.375. The molecular formula is C8H10N2O5. The second-order valence-corrected chi connectivity index (χ2v) is 2.82. The van der Waals surface area contributed by atoms with Crippen molar-refractivity contribution in [2.24, 2.45) is 5.73 Å². The van der Waals surface area contributed by atoms with Crippen LogP contribution in [0.15, 0.2) is 10.6 Å². The van der Waals surface area contributed by atoms with Crippen LogP contribution in [-0.4, -0.2) is 35.4 Å². The molecule has 0 saturated heterocycles. The average molecular weight is 214 g/mol. The van der Waals surface area contributed by atoms with Gasteiger partial charge in [-0.25, -0.2) is 4.79 Å². The highest BCUT2D eigenvalue weighted by atomic mass is 16.5. The van der Waals surface area contributed by atoms with Crippen LogP contribution in [0, 0.1) is 0 Å². The normalized spacial score (nSPS) is 12.1. The van der Waals surface area contributed by atoms with E-state index in [1.807, 2.05) is 0 Å². The molecule has 0 aliphatic rings. The molecule has 1 heterocycles. The van der Waals surface area contributed by atoms with Crippen molar-refractivity contribution in [3.05, 3.63) is 17.5 Å². The fourth-order valence-corrected chi connectivity index (χ4v) is 0.914. The lowest BCUT2D eigenvalue weighted by Crippen LogP contribution is -2.32. The molecule has 0 aromatic carbocycles. The number of esters is 1. The van der Waals surface area contributed by atoms with Crippen LogP contribution in [0.3, 0.4) is 0 Å². The van der Waals surface area contributed by atoms with Crippen molar-refractivity contribution >= 4 is 11.9 Å². The molecule has 7 heteroatoms. The topological polar surface area (TPSA) is 116 Å². The van der Waals surface area contributed by atoms with Crippen LogP contribution in [0.4, 0.5) is 0 Å². The first-order valence-corrected chi connectivity index (χ1v) is 4.07. The summed E-state index contributed by atoms with van der Waals surface area (Å²) in [6.45, 7) is 0. The minimum absolute atomic E-state index is 0.00918. The molecule has 0 saturated carbocycles. The molecule has 0 aliphatic carbocycles. The maximum Gasteiger partial charge on any atom is 0.360 e. The van der Waals surface area contributed by atoms with Gasteiger partial charge in [-0.05, 0) is 0 Å². The Bertz CT molecular complexity index is 373. The molecule has 82 valence electrons. The number of carboxylic acid groups (broad SMARTS) is 1. The van der Waals surface area contributed by atoms with E-state index in [4.69, 9.17) is 15.4 Å². The molecule has 1 atom stereocenters. The number of nitrogens with zero attached hydrogens (tertiary/aromatic N) is 1. The highest BCUT2D eigenvalue weighted by molar-refractivity contribution is 5.87. The summed E-state index contributed by atoms with van der Waals surface area (Å²) >= 11 is 0. The minimum atomic E-state index is -1.15. The number of aliphatic carboxylic acids is 1. The van der Waals surface area contributed by atoms with Gasteiger partial charge in [0.25, 0.3) is 0 Å². The minimum Gasteiger partial charge on any atom is -0.480 e. The predicted octanol–water partition coefficient (Wildman–Crippen LogP) is -0.584. The molecule has 3 N–H and O–H groups in total. The Hall–Kier alpha value is -1.89. The summed E-state index contributed by atoms with van der Waals surface area (Å²) in [5, 5.41) is 11.9. The Morgan fingerprint density at radius 2 is 2.40 bits per heavy atom. The number of carbonyl (C=O) groups excluding carboxylic acids is 1. The van der Waals surface area contributed by atoms with E-state index >= 15 is 0 Å². The third-order valence-corrected chi connectivity index (χ3v) is 1.69. The van der Waals surface area contributed by atoms with Gasteiger partial charge in [-0.3, -0.25) is 4.79 Å². The Kier molecular flexibility index (Phi) is 3.40. The van der Waals surface area contributed by atoms with E-state index in [0.717, 1.165) is 0 Å². The van der Waals surface area contributed by atoms with Gasteiger partial charge in [0.05, 0.1) is 7.11 Å². The molecule has 0 bridgehead atoms. The van der Waals surface area contributed by atoms with Crippen LogP contribution >= 0.6 is 0 Å². The van der Waals surface area contributed by atoms with Crippen LogP contribution in [0.1, 0.15) is 16.2 Å². The zero-order valence-corrected chi connectivity index (χ0v) is 7.97. The summed E-state index contributed by atoms with van der Waals surface area (Å²) in [7, 11) is 1.21. The molecule has 1 unspecified atom stereocenters. The van der Waals surface area contributed by atoms with E-state index in [1.165, 1.54) is 13.2 Å². The van der Waals surface area contributed by atoms with Crippen molar-refractivity contribution < 1.29 is 24.0 Å². The molecule has 0 fully saturated rings. The summed E-state index contributed by atoms with van der Waals surface area (Å²) in [5.74, 6) is -1.56. The number of aromatic nitrogens is 1. The Labute approximate surface area is 84.8 Å². The number of carbonyl (C=O) groups is 2. The smallest absolute Gasteiger partial charge is 0.360 e.